The standard InChI is InChI=1S/C25H27F2N3O4S/c1-15-11-23(34-29-15)25(31)28-17(3)20-13-21(26)19(12-22(20)27)14-30-16(2)9-10-24(35(30,32)33)18-7-5-4-6-8-18/h4-8,11-13,16-17,24H,9-10,14H2,1-3H3,(H,28,31)/t16-,17?,24+/m0/s1. The first-order chi connectivity index (χ1) is 16.6. The molecule has 1 fully saturated rings. The van der Waals surface area contributed by atoms with Gasteiger partial charge in [-0.05, 0) is 51.3 Å². The van der Waals surface area contributed by atoms with E-state index in [1.807, 2.05) is 6.07 Å². The number of sulfonamides is 1. The molecule has 1 amide bonds. The van der Waals surface area contributed by atoms with Gasteiger partial charge in [0, 0.05) is 29.8 Å². The largest absolute Gasteiger partial charge is 0.351 e. The van der Waals surface area contributed by atoms with Gasteiger partial charge in [0.05, 0.1) is 11.7 Å². The molecule has 1 saturated heterocycles. The minimum atomic E-state index is -3.79. The van der Waals surface area contributed by atoms with Crippen LogP contribution < -0.4 is 5.32 Å². The molecule has 0 bridgehead atoms. The predicted octanol–water partition coefficient (Wildman–Crippen LogP) is 4.81. The van der Waals surface area contributed by atoms with Gasteiger partial charge < -0.3 is 9.84 Å². The lowest BCUT2D eigenvalue weighted by atomic mass is 10.0. The smallest absolute Gasteiger partial charge is 0.290 e. The Balaban J connectivity index is 1.55. The maximum Gasteiger partial charge on any atom is 0.290 e. The molecular formula is C25H27F2N3O4S. The number of hydrogen-bond acceptors (Lipinski definition) is 5. The van der Waals surface area contributed by atoms with E-state index in [0.717, 1.165) is 12.1 Å². The number of hydrogen-bond donors (Lipinski definition) is 1. The summed E-state index contributed by atoms with van der Waals surface area (Å²) in [6, 6.07) is 11.1. The average Bonchev–Trinajstić information content (AvgIpc) is 3.25. The number of carbonyl (C=O) groups is 1. The van der Waals surface area contributed by atoms with Crippen LogP contribution in [0, 0.1) is 18.6 Å². The molecule has 3 aromatic rings. The zero-order valence-corrected chi connectivity index (χ0v) is 20.5. The molecular weight excluding hydrogens is 476 g/mol. The quantitative estimate of drug-likeness (QED) is 0.521. The Morgan fingerprint density at radius 1 is 1.17 bits per heavy atom. The molecule has 3 atom stereocenters. The Kier molecular flexibility index (Phi) is 7.05. The first kappa shape index (κ1) is 25.0. The number of rotatable bonds is 6. The molecule has 1 aromatic heterocycles. The number of carbonyl (C=O) groups excluding carboxylic acids is 1. The monoisotopic (exact) mass is 503 g/mol. The van der Waals surface area contributed by atoms with E-state index in [2.05, 4.69) is 10.5 Å². The molecule has 0 saturated carbocycles. The fourth-order valence-electron chi connectivity index (χ4n) is 4.39. The van der Waals surface area contributed by atoms with Crippen LogP contribution in [0.4, 0.5) is 8.78 Å². The van der Waals surface area contributed by atoms with Crippen LogP contribution >= 0.6 is 0 Å². The van der Waals surface area contributed by atoms with Crippen LogP contribution in [-0.4, -0.2) is 29.8 Å². The Bertz CT molecular complexity index is 1330. The number of nitrogens with one attached hydrogen (secondary N) is 1. The number of aromatic nitrogens is 1. The fourth-order valence-corrected chi connectivity index (χ4v) is 6.58. The second-order valence-electron chi connectivity index (χ2n) is 8.91. The predicted molar refractivity (Wildman–Crippen MR) is 126 cm³/mol. The SMILES string of the molecule is Cc1cc(C(=O)NC(C)c2cc(F)c(CN3[C@@H](C)CC[C@H](c4ccccc4)S3(=O)=O)cc2F)on1. The van der Waals surface area contributed by atoms with Crippen LogP contribution in [0.1, 0.15) is 70.9 Å². The van der Waals surface area contributed by atoms with Crippen molar-refractivity contribution in [1.29, 1.82) is 0 Å². The summed E-state index contributed by atoms with van der Waals surface area (Å²) in [6.45, 7) is 4.65. The lowest BCUT2D eigenvalue weighted by molar-refractivity contribution is 0.0902. The van der Waals surface area contributed by atoms with E-state index in [4.69, 9.17) is 4.52 Å². The lowest BCUT2D eigenvalue weighted by Gasteiger charge is -2.37. The summed E-state index contributed by atoms with van der Waals surface area (Å²) in [7, 11) is -3.79. The third-order valence-electron chi connectivity index (χ3n) is 6.35. The van der Waals surface area contributed by atoms with Crippen molar-refractivity contribution in [2.24, 2.45) is 0 Å². The molecule has 0 aliphatic carbocycles. The van der Waals surface area contributed by atoms with E-state index in [1.54, 1.807) is 38.1 Å². The molecule has 10 heteroatoms. The Hall–Kier alpha value is -3.11. The molecule has 0 spiro atoms. The minimum Gasteiger partial charge on any atom is -0.351 e. The molecule has 2 aromatic carbocycles. The molecule has 1 unspecified atom stereocenters. The Morgan fingerprint density at radius 3 is 2.54 bits per heavy atom. The van der Waals surface area contributed by atoms with Crippen molar-refractivity contribution in [3.05, 3.63) is 88.3 Å². The van der Waals surface area contributed by atoms with Crippen molar-refractivity contribution in [2.75, 3.05) is 0 Å². The summed E-state index contributed by atoms with van der Waals surface area (Å²) >= 11 is 0. The number of amides is 1. The average molecular weight is 504 g/mol. The van der Waals surface area contributed by atoms with E-state index in [9.17, 15) is 13.2 Å². The fraction of sp³-hybridized carbons (Fsp3) is 0.360. The summed E-state index contributed by atoms with van der Waals surface area (Å²) in [5.41, 5.74) is 1.06. The van der Waals surface area contributed by atoms with Gasteiger partial charge in [0.1, 0.15) is 16.9 Å². The van der Waals surface area contributed by atoms with Crippen LogP contribution in [0.5, 0.6) is 0 Å². The van der Waals surface area contributed by atoms with Crippen molar-refractivity contribution in [3.8, 4) is 0 Å². The highest BCUT2D eigenvalue weighted by atomic mass is 32.2. The van der Waals surface area contributed by atoms with E-state index >= 15 is 8.78 Å². The Morgan fingerprint density at radius 2 is 1.89 bits per heavy atom. The summed E-state index contributed by atoms with van der Waals surface area (Å²) in [5.74, 6) is -2.14. The molecule has 1 N–H and O–H groups in total. The van der Waals surface area contributed by atoms with Gasteiger partial charge in [-0.15, -0.1) is 0 Å². The summed E-state index contributed by atoms with van der Waals surface area (Å²) < 4.78 is 63.0. The highest BCUT2D eigenvalue weighted by Crippen LogP contribution is 2.38. The number of benzene rings is 2. The van der Waals surface area contributed by atoms with E-state index < -0.39 is 38.9 Å². The van der Waals surface area contributed by atoms with Crippen LogP contribution in [0.15, 0.2) is 53.1 Å². The highest BCUT2D eigenvalue weighted by Gasteiger charge is 2.40. The van der Waals surface area contributed by atoms with Gasteiger partial charge in [0.15, 0.2) is 0 Å². The van der Waals surface area contributed by atoms with Crippen LogP contribution in [-0.2, 0) is 16.6 Å². The van der Waals surface area contributed by atoms with Gasteiger partial charge in [-0.1, -0.05) is 35.5 Å². The van der Waals surface area contributed by atoms with Crippen molar-refractivity contribution < 1.29 is 26.5 Å². The molecule has 0 radical (unpaired) electrons. The van der Waals surface area contributed by atoms with Crippen molar-refractivity contribution in [1.82, 2.24) is 14.8 Å². The van der Waals surface area contributed by atoms with Crippen molar-refractivity contribution in [2.45, 2.75) is 57.5 Å². The normalized spacial score (nSPS) is 20.9. The second kappa shape index (κ2) is 9.87. The first-order valence-electron chi connectivity index (χ1n) is 11.4. The van der Waals surface area contributed by atoms with E-state index in [1.165, 1.54) is 17.3 Å². The van der Waals surface area contributed by atoms with Gasteiger partial charge in [0.2, 0.25) is 15.8 Å². The van der Waals surface area contributed by atoms with Crippen LogP contribution in [0.25, 0.3) is 0 Å². The zero-order valence-electron chi connectivity index (χ0n) is 19.7. The van der Waals surface area contributed by atoms with Crippen molar-refractivity contribution in [3.63, 3.8) is 0 Å². The molecule has 1 aliphatic rings. The second-order valence-corrected chi connectivity index (χ2v) is 11.0. The summed E-state index contributed by atoms with van der Waals surface area (Å²) in [4.78, 5) is 12.3. The van der Waals surface area contributed by atoms with Gasteiger partial charge in [0.25, 0.3) is 5.91 Å². The molecule has 4 rings (SSSR count). The molecule has 186 valence electrons. The minimum absolute atomic E-state index is 0.0379. The molecule has 7 nitrogen and oxygen atoms in total. The zero-order chi connectivity index (χ0) is 25.3. The van der Waals surface area contributed by atoms with Crippen molar-refractivity contribution >= 4 is 15.9 Å². The van der Waals surface area contributed by atoms with Gasteiger partial charge in [-0.3, -0.25) is 4.79 Å². The number of aryl methyl sites for hydroxylation is 1. The first-order valence-corrected chi connectivity index (χ1v) is 12.9. The summed E-state index contributed by atoms with van der Waals surface area (Å²) in [6.07, 6.45) is 1.06. The van der Waals surface area contributed by atoms with E-state index in [-0.39, 0.29) is 29.5 Å². The number of nitrogens with zero attached hydrogens (tertiary/aromatic N) is 2. The maximum atomic E-state index is 15.1. The summed E-state index contributed by atoms with van der Waals surface area (Å²) in [5, 5.41) is 5.45. The Labute approximate surface area is 203 Å². The highest BCUT2D eigenvalue weighted by molar-refractivity contribution is 7.89. The maximum absolute atomic E-state index is 15.1. The van der Waals surface area contributed by atoms with Gasteiger partial charge >= 0.3 is 0 Å². The van der Waals surface area contributed by atoms with Gasteiger partial charge in [-0.2, -0.15) is 4.31 Å². The molecule has 2 heterocycles. The third-order valence-corrected chi connectivity index (χ3v) is 8.72. The van der Waals surface area contributed by atoms with Crippen LogP contribution in [0.3, 0.4) is 0 Å². The van der Waals surface area contributed by atoms with Crippen LogP contribution in [0.2, 0.25) is 0 Å². The topological polar surface area (TPSA) is 92.5 Å². The lowest BCUT2D eigenvalue weighted by Crippen LogP contribution is -2.44. The molecule has 1 aliphatic heterocycles. The van der Waals surface area contributed by atoms with Gasteiger partial charge in [-0.25, -0.2) is 17.2 Å². The number of halogens is 2. The van der Waals surface area contributed by atoms with E-state index in [0.29, 0.717) is 24.1 Å². The molecule has 35 heavy (non-hydrogen) atoms. The third kappa shape index (κ3) is 5.13.